The van der Waals surface area contributed by atoms with Crippen LogP contribution in [0.1, 0.15) is 81.0 Å². The van der Waals surface area contributed by atoms with E-state index in [0.29, 0.717) is 0 Å². The maximum Gasteiger partial charge on any atom is 0.0249 e. The maximum absolute atomic E-state index is 3.31. The van der Waals surface area contributed by atoms with Gasteiger partial charge in [-0.15, -0.1) is 0 Å². The SMILES string of the molecule is CCCc1ccc(C#Cc2ccc(CCC3CCC(CC)CC3)cc2)cc1. The monoisotopic (exact) mass is 358 g/mol. The van der Waals surface area contributed by atoms with Crippen LogP contribution in [0.25, 0.3) is 0 Å². The zero-order valence-corrected chi connectivity index (χ0v) is 17.1. The van der Waals surface area contributed by atoms with Crippen LogP contribution in [0.3, 0.4) is 0 Å². The summed E-state index contributed by atoms with van der Waals surface area (Å²) in [4.78, 5) is 0. The van der Waals surface area contributed by atoms with Crippen LogP contribution in [0.5, 0.6) is 0 Å². The molecule has 0 unspecified atom stereocenters. The third-order valence-corrected chi connectivity index (χ3v) is 6.18. The van der Waals surface area contributed by atoms with E-state index in [2.05, 4.69) is 74.2 Å². The lowest BCUT2D eigenvalue weighted by molar-refractivity contribution is 0.259. The average Bonchev–Trinajstić information content (AvgIpc) is 2.73. The topological polar surface area (TPSA) is 0 Å². The van der Waals surface area contributed by atoms with Crippen molar-refractivity contribution in [2.45, 2.75) is 71.6 Å². The summed E-state index contributed by atoms with van der Waals surface area (Å²) in [6, 6.07) is 17.6. The third-order valence-electron chi connectivity index (χ3n) is 6.18. The molecule has 0 aliphatic heterocycles. The minimum absolute atomic E-state index is 0.947. The van der Waals surface area contributed by atoms with Gasteiger partial charge in [-0.1, -0.05) is 88.5 Å². The Labute approximate surface area is 166 Å². The van der Waals surface area contributed by atoms with Crippen molar-refractivity contribution in [1.82, 2.24) is 0 Å². The van der Waals surface area contributed by atoms with Crippen LogP contribution in [-0.2, 0) is 12.8 Å². The molecule has 0 saturated heterocycles. The zero-order valence-electron chi connectivity index (χ0n) is 17.1. The Balaban J connectivity index is 1.49. The second kappa shape index (κ2) is 10.4. The second-order valence-corrected chi connectivity index (χ2v) is 8.23. The summed E-state index contributed by atoms with van der Waals surface area (Å²) in [5.74, 6) is 8.55. The van der Waals surface area contributed by atoms with Crippen LogP contribution < -0.4 is 0 Å². The van der Waals surface area contributed by atoms with Crippen LogP contribution in [0.2, 0.25) is 0 Å². The Morgan fingerprint density at radius 3 is 1.63 bits per heavy atom. The van der Waals surface area contributed by atoms with E-state index in [1.54, 1.807) is 0 Å². The summed E-state index contributed by atoms with van der Waals surface area (Å²) in [5, 5.41) is 0. The van der Waals surface area contributed by atoms with Gasteiger partial charge in [0, 0.05) is 11.1 Å². The summed E-state index contributed by atoms with van der Waals surface area (Å²) < 4.78 is 0. The Morgan fingerprint density at radius 2 is 1.15 bits per heavy atom. The smallest absolute Gasteiger partial charge is 0.0249 e. The van der Waals surface area contributed by atoms with Gasteiger partial charge >= 0.3 is 0 Å². The summed E-state index contributed by atoms with van der Waals surface area (Å²) in [5.41, 5.74) is 5.07. The lowest BCUT2D eigenvalue weighted by Gasteiger charge is -2.27. The molecule has 1 fully saturated rings. The predicted octanol–water partition coefficient (Wildman–Crippen LogP) is 7.19. The van der Waals surface area contributed by atoms with E-state index >= 15 is 0 Å². The summed E-state index contributed by atoms with van der Waals surface area (Å²) in [7, 11) is 0. The van der Waals surface area contributed by atoms with E-state index in [-0.39, 0.29) is 0 Å². The molecular weight excluding hydrogens is 324 g/mol. The first-order valence-corrected chi connectivity index (χ1v) is 11.0. The van der Waals surface area contributed by atoms with E-state index in [4.69, 9.17) is 0 Å². The average molecular weight is 359 g/mol. The molecule has 0 spiro atoms. The number of hydrogen-bond donors (Lipinski definition) is 0. The highest BCUT2D eigenvalue weighted by Gasteiger charge is 2.19. The van der Waals surface area contributed by atoms with E-state index in [9.17, 15) is 0 Å². The molecule has 0 N–H and O–H groups in total. The minimum atomic E-state index is 0.947. The van der Waals surface area contributed by atoms with Crippen molar-refractivity contribution in [3.63, 3.8) is 0 Å². The Bertz CT molecular complexity index is 731. The first-order valence-electron chi connectivity index (χ1n) is 11.0. The minimum Gasteiger partial charge on any atom is -0.0651 e. The molecule has 2 aromatic rings. The Kier molecular flexibility index (Phi) is 7.58. The van der Waals surface area contributed by atoms with Gasteiger partial charge in [-0.3, -0.25) is 0 Å². The molecule has 0 aromatic heterocycles. The van der Waals surface area contributed by atoms with E-state index in [0.717, 1.165) is 29.4 Å². The molecule has 1 aliphatic rings. The van der Waals surface area contributed by atoms with Gasteiger partial charge in [0.1, 0.15) is 0 Å². The molecule has 1 aliphatic carbocycles. The lowest BCUT2D eigenvalue weighted by Crippen LogP contribution is -2.14. The van der Waals surface area contributed by atoms with Crippen molar-refractivity contribution in [2.75, 3.05) is 0 Å². The van der Waals surface area contributed by atoms with E-state index < -0.39 is 0 Å². The second-order valence-electron chi connectivity index (χ2n) is 8.23. The Hall–Kier alpha value is -2.00. The van der Waals surface area contributed by atoms with Crippen molar-refractivity contribution in [1.29, 1.82) is 0 Å². The first-order chi connectivity index (χ1) is 13.3. The van der Waals surface area contributed by atoms with Crippen LogP contribution in [0.15, 0.2) is 48.5 Å². The standard InChI is InChI=1S/C27H34/c1-3-5-23-10-12-25(13-11-23)16-17-27-20-18-26(19-21-27)15-14-24-8-6-22(4-2)7-9-24/h10-13,18-22,24H,3-9,14-15H2,1-2H3. The molecule has 0 heterocycles. The molecule has 2 aromatic carbocycles. The van der Waals surface area contributed by atoms with Crippen molar-refractivity contribution in [2.24, 2.45) is 11.8 Å². The molecule has 142 valence electrons. The number of benzene rings is 2. The summed E-state index contributed by atoms with van der Waals surface area (Å²) >= 11 is 0. The number of hydrogen-bond acceptors (Lipinski definition) is 0. The molecule has 1 saturated carbocycles. The summed E-state index contributed by atoms with van der Waals surface area (Å²) in [6.45, 7) is 4.56. The molecule has 0 nitrogen and oxygen atoms in total. The van der Waals surface area contributed by atoms with Gasteiger partial charge in [0.05, 0.1) is 0 Å². The van der Waals surface area contributed by atoms with E-state index in [1.807, 2.05) is 0 Å². The van der Waals surface area contributed by atoms with Gasteiger partial charge < -0.3 is 0 Å². The van der Waals surface area contributed by atoms with Gasteiger partial charge in [-0.25, -0.2) is 0 Å². The quantitative estimate of drug-likeness (QED) is 0.479. The van der Waals surface area contributed by atoms with Crippen molar-refractivity contribution in [3.05, 3.63) is 70.8 Å². The number of rotatable bonds is 6. The summed E-state index contributed by atoms with van der Waals surface area (Å²) in [6.07, 6.45) is 12.1. The first kappa shape index (κ1) is 19.8. The van der Waals surface area contributed by atoms with Crippen molar-refractivity contribution < 1.29 is 0 Å². The van der Waals surface area contributed by atoms with Gasteiger partial charge in [0.15, 0.2) is 0 Å². The van der Waals surface area contributed by atoms with Gasteiger partial charge in [-0.2, -0.15) is 0 Å². The van der Waals surface area contributed by atoms with Crippen LogP contribution in [-0.4, -0.2) is 0 Å². The van der Waals surface area contributed by atoms with Gasteiger partial charge in [0.25, 0.3) is 0 Å². The van der Waals surface area contributed by atoms with Crippen molar-refractivity contribution >= 4 is 0 Å². The normalized spacial score (nSPS) is 19.3. The fraction of sp³-hybridized carbons (Fsp3) is 0.481. The fourth-order valence-corrected chi connectivity index (χ4v) is 4.24. The molecule has 0 atom stereocenters. The highest BCUT2D eigenvalue weighted by atomic mass is 14.2. The highest BCUT2D eigenvalue weighted by Crippen LogP contribution is 2.33. The van der Waals surface area contributed by atoms with Crippen molar-refractivity contribution in [3.8, 4) is 11.8 Å². The largest absolute Gasteiger partial charge is 0.0651 e. The maximum atomic E-state index is 3.31. The number of aryl methyl sites for hydroxylation is 2. The van der Waals surface area contributed by atoms with Crippen LogP contribution in [0.4, 0.5) is 0 Å². The third kappa shape index (κ3) is 6.28. The molecule has 0 amide bonds. The molecule has 27 heavy (non-hydrogen) atoms. The van der Waals surface area contributed by atoms with Gasteiger partial charge in [-0.05, 0) is 66.5 Å². The highest BCUT2D eigenvalue weighted by molar-refractivity contribution is 5.44. The van der Waals surface area contributed by atoms with E-state index in [1.165, 1.54) is 62.5 Å². The molecule has 0 radical (unpaired) electrons. The molecule has 3 rings (SSSR count). The van der Waals surface area contributed by atoms with Crippen LogP contribution in [0, 0.1) is 23.7 Å². The van der Waals surface area contributed by atoms with Gasteiger partial charge in [0.2, 0.25) is 0 Å². The zero-order chi connectivity index (χ0) is 18.9. The molecule has 0 heteroatoms. The predicted molar refractivity (Wildman–Crippen MR) is 117 cm³/mol. The lowest BCUT2D eigenvalue weighted by atomic mass is 9.78. The van der Waals surface area contributed by atoms with Crippen LogP contribution >= 0.6 is 0 Å². The Morgan fingerprint density at radius 1 is 0.667 bits per heavy atom. The fourth-order valence-electron chi connectivity index (χ4n) is 4.24. The molecule has 0 bridgehead atoms. The molecular formula is C27H34.